The van der Waals surface area contributed by atoms with Crippen LogP contribution in [0.1, 0.15) is 38.8 Å². The van der Waals surface area contributed by atoms with Crippen LogP contribution in [0.5, 0.6) is 5.75 Å². The predicted octanol–water partition coefficient (Wildman–Crippen LogP) is 4.17. The lowest BCUT2D eigenvalue weighted by Crippen LogP contribution is -2.27. The molecule has 4 rings (SSSR count). The van der Waals surface area contributed by atoms with Crippen molar-refractivity contribution in [2.45, 2.75) is 25.5 Å². The molecule has 1 atom stereocenters. The number of carbonyl (C=O) groups excluding carboxylic acids is 1. The first kappa shape index (κ1) is 16.1. The summed E-state index contributed by atoms with van der Waals surface area (Å²) in [5, 5.41) is 14.2. The van der Waals surface area contributed by atoms with Gasteiger partial charge in [-0.1, -0.05) is 30.3 Å². The van der Waals surface area contributed by atoms with Crippen molar-refractivity contribution in [2.75, 3.05) is 7.11 Å². The number of ether oxygens (including phenoxy) is 1. The number of aromatic hydroxyl groups is 1. The third kappa shape index (κ3) is 2.79. The molecule has 4 nitrogen and oxygen atoms in total. The number of hydrogen-bond donors (Lipinski definition) is 2. The molecule has 3 aromatic rings. The van der Waals surface area contributed by atoms with Gasteiger partial charge in [0.1, 0.15) is 5.75 Å². The van der Waals surface area contributed by atoms with Crippen LogP contribution in [0.25, 0.3) is 10.1 Å². The molecule has 0 bridgehead atoms. The van der Waals surface area contributed by atoms with Gasteiger partial charge >= 0.3 is 0 Å². The van der Waals surface area contributed by atoms with E-state index in [1.165, 1.54) is 11.3 Å². The minimum Gasteiger partial charge on any atom is -0.508 e. The summed E-state index contributed by atoms with van der Waals surface area (Å²) in [7, 11) is 1.64. The fourth-order valence-corrected chi connectivity index (χ4v) is 4.69. The lowest BCUT2D eigenvalue weighted by Gasteiger charge is -2.14. The number of phenols is 1. The second-order valence-electron chi connectivity index (χ2n) is 6.25. The summed E-state index contributed by atoms with van der Waals surface area (Å²) in [6.07, 6.45) is 1.59. The molecule has 1 aliphatic carbocycles. The summed E-state index contributed by atoms with van der Waals surface area (Å²) in [5.41, 5.74) is 2.90. The predicted molar refractivity (Wildman–Crippen MR) is 99.2 cm³/mol. The molecule has 0 unspecified atom stereocenters. The fourth-order valence-electron chi connectivity index (χ4n) is 3.58. The lowest BCUT2D eigenvalue weighted by molar-refractivity contribution is 0.0936. The van der Waals surface area contributed by atoms with Crippen LogP contribution < -0.4 is 5.32 Å². The first-order valence-corrected chi connectivity index (χ1v) is 9.11. The van der Waals surface area contributed by atoms with Gasteiger partial charge in [0.25, 0.3) is 5.91 Å². The van der Waals surface area contributed by atoms with Crippen molar-refractivity contribution in [3.05, 3.63) is 64.0 Å². The molecule has 0 saturated carbocycles. The Morgan fingerprint density at radius 3 is 2.96 bits per heavy atom. The smallest absolute Gasteiger partial charge is 0.262 e. The number of nitrogens with one attached hydrogen (secondary N) is 1. The molecular weight excluding hydrogens is 334 g/mol. The molecule has 1 heterocycles. The summed E-state index contributed by atoms with van der Waals surface area (Å²) < 4.78 is 6.41. The quantitative estimate of drug-likeness (QED) is 0.740. The molecule has 128 valence electrons. The third-order valence-electron chi connectivity index (χ3n) is 4.74. The summed E-state index contributed by atoms with van der Waals surface area (Å²) in [6.45, 7) is 0.412. The second kappa shape index (κ2) is 6.50. The van der Waals surface area contributed by atoms with E-state index in [9.17, 15) is 9.90 Å². The van der Waals surface area contributed by atoms with Gasteiger partial charge in [-0.3, -0.25) is 4.79 Å². The Kier molecular flexibility index (Phi) is 4.19. The minimum absolute atomic E-state index is 0.0600. The van der Waals surface area contributed by atoms with Crippen molar-refractivity contribution < 1.29 is 14.6 Å². The molecule has 1 aromatic heterocycles. The lowest BCUT2D eigenvalue weighted by atomic mass is 10.1. The van der Waals surface area contributed by atoms with E-state index in [0.29, 0.717) is 17.2 Å². The Hall–Kier alpha value is -2.37. The molecule has 2 aromatic carbocycles. The van der Waals surface area contributed by atoms with Crippen LogP contribution in [-0.4, -0.2) is 18.1 Å². The molecule has 1 aliphatic rings. The third-order valence-corrected chi connectivity index (χ3v) is 5.96. The highest BCUT2D eigenvalue weighted by atomic mass is 32.1. The highest BCUT2D eigenvalue weighted by Crippen LogP contribution is 2.37. The van der Waals surface area contributed by atoms with Crippen LogP contribution in [0.3, 0.4) is 0 Å². The van der Waals surface area contributed by atoms with E-state index < -0.39 is 0 Å². The number of amides is 1. The second-order valence-corrected chi connectivity index (χ2v) is 7.30. The highest BCUT2D eigenvalue weighted by molar-refractivity contribution is 7.21. The van der Waals surface area contributed by atoms with Gasteiger partial charge in [0.2, 0.25) is 0 Å². The fraction of sp³-hybridized carbons (Fsp3) is 0.250. The van der Waals surface area contributed by atoms with Gasteiger partial charge in [0.05, 0.1) is 17.5 Å². The first-order valence-electron chi connectivity index (χ1n) is 8.30. The molecule has 0 fully saturated rings. The van der Waals surface area contributed by atoms with Crippen molar-refractivity contribution in [2.24, 2.45) is 0 Å². The number of thiophene rings is 1. The number of phenolic OH excluding ortho intramolecular Hbond substituents is 1. The van der Waals surface area contributed by atoms with E-state index >= 15 is 0 Å². The van der Waals surface area contributed by atoms with Gasteiger partial charge in [0, 0.05) is 17.4 Å². The molecule has 0 saturated heterocycles. The average Bonchev–Trinajstić information content (AvgIpc) is 3.19. The molecule has 1 amide bonds. The van der Waals surface area contributed by atoms with Crippen molar-refractivity contribution in [1.82, 2.24) is 5.32 Å². The van der Waals surface area contributed by atoms with Crippen LogP contribution in [0.4, 0.5) is 0 Å². The first-order chi connectivity index (χ1) is 12.2. The zero-order valence-corrected chi connectivity index (χ0v) is 14.7. The van der Waals surface area contributed by atoms with E-state index in [-0.39, 0.29) is 11.9 Å². The number of methoxy groups -OCH3 is 1. The van der Waals surface area contributed by atoms with E-state index in [1.807, 2.05) is 36.4 Å². The van der Waals surface area contributed by atoms with E-state index in [1.54, 1.807) is 13.2 Å². The largest absolute Gasteiger partial charge is 0.508 e. The van der Waals surface area contributed by atoms with Gasteiger partial charge in [-0.2, -0.15) is 0 Å². The summed E-state index contributed by atoms with van der Waals surface area (Å²) in [5.74, 6) is 0.241. The number of benzene rings is 2. The normalized spacial score (nSPS) is 16.1. The van der Waals surface area contributed by atoms with E-state index in [4.69, 9.17) is 4.74 Å². The van der Waals surface area contributed by atoms with Crippen molar-refractivity contribution in [3.8, 4) is 5.75 Å². The van der Waals surface area contributed by atoms with Crippen molar-refractivity contribution in [3.63, 3.8) is 0 Å². The Balaban J connectivity index is 1.66. The molecule has 5 heteroatoms. The van der Waals surface area contributed by atoms with Gasteiger partial charge in [-0.05, 0) is 41.5 Å². The van der Waals surface area contributed by atoms with Crippen LogP contribution in [0.2, 0.25) is 0 Å². The highest BCUT2D eigenvalue weighted by Gasteiger charge is 2.28. The molecule has 0 radical (unpaired) electrons. The Bertz CT molecular complexity index is 947. The van der Waals surface area contributed by atoms with Gasteiger partial charge in [0.15, 0.2) is 0 Å². The van der Waals surface area contributed by atoms with Crippen molar-refractivity contribution in [1.29, 1.82) is 0 Å². The molecular formula is C20H19NO3S. The Morgan fingerprint density at radius 2 is 2.12 bits per heavy atom. The van der Waals surface area contributed by atoms with Gasteiger partial charge in [-0.15, -0.1) is 11.3 Å². The van der Waals surface area contributed by atoms with Crippen LogP contribution in [0, 0.1) is 0 Å². The van der Waals surface area contributed by atoms with Crippen LogP contribution in [0.15, 0.2) is 42.5 Å². The number of hydrogen-bond acceptors (Lipinski definition) is 4. The van der Waals surface area contributed by atoms with Crippen LogP contribution in [-0.2, 0) is 17.8 Å². The number of carbonyl (C=O) groups is 1. The maximum atomic E-state index is 12.9. The molecule has 0 spiro atoms. The molecule has 2 N–H and O–H groups in total. The van der Waals surface area contributed by atoms with E-state index in [2.05, 4.69) is 5.32 Å². The van der Waals surface area contributed by atoms with Gasteiger partial charge in [-0.25, -0.2) is 0 Å². The zero-order chi connectivity index (χ0) is 17.4. The average molecular weight is 353 g/mol. The summed E-state index contributed by atoms with van der Waals surface area (Å²) in [6, 6.07) is 13.5. The zero-order valence-electron chi connectivity index (χ0n) is 13.9. The monoisotopic (exact) mass is 353 g/mol. The number of fused-ring (bicyclic) bond motifs is 2. The Morgan fingerprint density at radius 1 is 1.28 bits per heavy atom. The molecule has 25 heavy (non-hydrogen) atoms. The number of rotatable bonds is 4. The van der Waals surface area contributed by atoms with Crippen LogP contribution >= 0.6 is 11.3 Å². The SMILES string of the molecule is COCc1c(C(=O)N[C@@H]2CCc3c(O)cccc32)sc2ccccc12. The topological polar surface area (TPSA) is 58.6 Å². The standard InChI is InChI=1S/C20H19NO3S/c1-24-11-15-14-5-2-3-8-18(14)25-19(15)20(23)21-16-10-9-13-12(16)6-4-7-17(13)22/h2-8,16,22H,9-11H2,1H3,(H,21,23)/t16-/m1/s1. The Labute approximate surface area is 150 Å². The molecule has 0 aliphatic heterocycles. The van der Waals surface area contributed by atoms with Gasteiger partial charge < -0.3 is 15.2 Å². The maximum Gasteiger partial charge on any atom is 0.262 e. The summed E-state index contributed by atoms with van der Waals surface area (Å²) in [4.78, 5) is 13.6. The van der Waals surface area contributed by atoms with Crippen molar-refractivity contribution >= 4 is 27.3 Å². The maximum absolute atomic E-state index is 12.9. The summed E-state index contributed by atoms with van der Waals surface area (Å²) >= 11 is 1.50. The minimum atomic E-state index is -0.0746. The van der Waals surface area contributed by atoms with E-state index in [0.717, 1.165) is 39.6 Å².